The highest BCUT2D eigenvalue weighted by atomic mass is 32.2. The van der Waals surface area contributed by atoms with E-state index in [0.717, 1.165) is 5.92 Å². The maximum Gasteiger partial charge on any atom is 0.0353 e. The molecule has 16 heavy (non-hydrogen) atoms. The minimum Gasteiger partial charge on any atom is -0.383 e. The normalized spacial score (nSPS) is 17.9. The number of hydrogen-bond acceptors (Lipinski definition) is 2. The second-order valence-corrected chi connectivity index (χ2v) is 5.69. The molecule has 88 valence electrons. The number of rotatable bonds is 5. The molecule has 2 heteroatoms. The fraction of sp³-hybridized carbons (Fsp3) is 0.571. The summed E-state index contributed by atoms with van der Waals surface area (Å²) >= 11 is 1.80. The van der Waals surface area contributed by atoms with Crippen molar-refractivity contribution in [2.75, 3.05) is 11.6 Å². The molecule has 0 bridgehead atoms. The van der Waals surface area contributed by atoms with Gasteiger partial charge in [-0.1, -0.05) is 25.3 Å². The van der Waals surface area contributed by atoms with Crippen LogP contribution in [0.25, 0.3) is 0 Å². The highest BCUT2D eigenvalue weighted by Crippen LogP contribution is 2.31. The Kier molecular flexibility index (Phi) is 4.16. The molecule has 1 aliphatic rings. The zero-order valence-electron chi connectivity index (χ0n) is 10.2. The third kappa shape index (κ3) is 3.18. The Morgan fingerprint density at radius 1 is 1.44 bits per heavy atom. The summed E-state index contributed by atoms with van der Waals surface area (Å²) in [7, 11) is 0. The molecule has 1 aliphatic carbocycles. The van der Waals surface area contributed by atoms with Crippen molar-refractivity contribution in [2.24, 2.45) is 5.92 Å². The lowest BCUT2D eigenvalue weighted by Gasteiger charge is -2.29. The summed E-state index contributed by atoms with van der Waals surface area (Å²) in [6.07, 6.45) is 7.77. The Morgan fingerprint density at radius 2 is 2.25 bits per heavy atom. The first-order valence-corrected chi connectivity index (χ1v) is 7.41. The second-order valence-electron chi connectivity index (χ2n) is 4.81. The van der Waals surface area contributed by atoms with Gasteiger partial charge in [0.1, 0.15) is 0 Å². The number of thioether (sulfide) groups is 1. The fourth-order valence-electron chi connectivity index (χ4n) is 2.28. The number of nitrogens with one attached hydrogen (secondary N) is 1. The van der Waals surface area contributed by atoms with Gasteiger partial charge in [0.25, 0.3) is 0 Å². The number of benzene rings is 1. The Hall–Kier alpha value is -0.630. The van der Waals surface area contributed by atoms with Gasteiger partial charge in [0.2, 0.25) is 0 Å². The molecule has 1 fully saturated rings. The molecule has 0 aliphatic heterocycles. The van der Waals surface area contributed by atoms with E-state index in [9.17, 15) is 0 Å². The van der Waals surface area contributed by atoms with E-state index in [4.69, 9.17) is 0 Å². The van der Waals surface area contributed by atoms with E-state index in [2.05, 4.69) is 42.8 Å². The Morgan fingerprint density at radius 3 is 2.88 bits per heavy atom. The highest BCUT2D eigenvalue weighted by molar-refractivity contribution is 7.98. The van der Waals surface area contributed by atoms with Crippen LogP contribution in [0, 0.1) is 5.92 Å². The predicted octanol–water partition coefficient (Wildman–Crippen LogP) is 4.40. The molecule has 0 heterocycles. The molecular weight excluding hydrogens is 214 g/mol. The van der Waals surface area contributed by atoms with E-state index in [0.29, 0.717) is 6.04 Å². The van der Waals surface area contributed by atoms with Gasteiger partial charge in [0.05, 0.1) is 0 Å². The summed E-state index contributed by atoms with van der Waals surface area (Å²) in [5.74, 6) is 0.978. The molecule has 2 rings (SSSR count). The lowest BCUT2D eigenvalue weighted by molar-refractivity contribution is 0.286. The average molecular weight is 235 g/mol. The van der Waals surface area contributed by atoms with Crippen molar-refractivity contribution in [3.05, 3.63) is 24.3 Å². The minimum absolute atomic E-state index is 0.599. The van der Waals surface area contributed by atoms with Crippen molar-refractivity contribution in [1.29, 1.82) is 0 Å². The van der Waals surface area contributed by atoms with Gasteiger partial charge < -0.3 is 5.32 Å². The van der Waals surface area contributed by atoms with E-state index in [1.165, 1.54) is 36.3 Å². The first-order valence-electron chi connectivity index (χ1n) is 6.18. The smallest absolute Gasteiger partial charge is 0.0353 e. The van der Waals surface area contributed by atoms with Crippen LogP contribution in [0.3, 0.4) is 0 Å². The summed E-state index contributed by atoms with van der Waals surface area (Å²) in [5, 5.41) is 3.60. The average Bonchev–Trinajstić information content (AvgIpc) is 2.24. The zero-order chi connectivity index (χ0) is 11.4. The summed E-state index contributed by atoms with van der Waals surface area (Å²) < 4.78 is 0. The molecule has 1 saturated carbocycles. The van der Waals surface area contributed by atoms with E-state index in [1.54, 1.807) is 11.8 Å². The quantitative estimate of drug-likeness (QED) is 0.759. The molecule has 0 aromatic heterocycles. The molecule has 1 aromatic rings. The van der Waals surface area contributed by atoms with Crippen molar-refractivity contribution < 1.29 is 0 Å². The maximum atomic E-state index is 3.60. The summed E-state index contributed by atoms with van der Waals surface area (Å²) in [5.41, 5.74) is 1.26. The van der Waals surface area contributed by atoms with Gasteiger partial charge in [0, 0.05) is 16.6 Å². The first kappa shape index (κ1) is 11.8. The third-order valence-corrected chi connectivity index (χ3v) is 4.12. The monoisotopic (exact) mass is 235 g/mol. The van der Waals surface area contributed by atoms with Crippen LogP contribution in [0.1, 0.15) is 32.6 Å². The van der Waals surface area contributed by atoms with Gasteiger partial charge in [-0.25, -0.2) is 0 Å². The van der Waals surface area contributed by atoms with Crippen LogP contribution in [0.15, 0.2) is 29.2 Å². The first-order chi connectivity index (χ1) is 7.78. The molecule has 0 amide bonds. The Labute approximate surface area is 103 Å². The molecule has 0 spiro atoms. The predicted molar refractivity (Wildman–Crippen MR) is 73.3 cm³/mol. The van der Waals surface area contributed by atoms with Crippen LogP contribution in [-0.2, 0) is 0 Å². The van der Waals surface area contributed by atoms with Crippen molar-refractivity contribution in [2.45, 2.75) is 43.5 Å². The molecule has 1 aromatic carbocycles. The van der Waals surface area contributed by atoms with Crippen LogP contribution in [0.4, 0.5) is 5.69 Å². The van der Waals surface area contributed by atoms with Crippen LogP contribution in [-0.4, -0.2) is 12.3 Å². The van der Waals surface area contributed by atoms with Gasteiger partial charge in [-0.15, -0.1) is 11.8 Å². The fourth-order valence-corrected chi connectivity index (χ4v) is 2.74. The van der Waals surface area contributed by atoms with E-state index < -0.39 is 0 Å². The van der Waals surface area contributed by atoms with E-state index >= 15 is 0 Å². The zero-order valence-corrected chi connectivity index (χ0v) is 11.0. The van der Waals surface area contributed by atoms with E-state index in [1.807, 2.05) is 0 Å². The van der Waals surface area contributed by atoms with Gasteiger partial charge >= 0.3 is 0 Å². The van der Waals surface area contributed by atoms with Crippen molar-refractivity contribution in [1.82, 2.24) is 0 Å². The summed E-state index contributed by atoms with van der Waals surface area (Å²) in [6.45, 7) is 2.30. The largest absolute Gasteiger partial charge is 0.383 e. The second kappa shape index (κ2) is 5.62. The van der Waals surface area contributed by atoms with Crippen molar-refractivity contribution in [3.63, 3.8) is 0 Å². The van der Waals surface area contributed by atoms with Crippen molar-refractivity contribution in [3.8, 4) is 0 Å². The van der Waals surface area contributed by atoms with E-state index in [-0.39, 0.29) is 0 Å². The Balaban J connectivity index is 1.86. The molecule has 0 saturated heterocycles. The number of anilines is 1. The minimum atomic E-state index is 0.599. The standard InChI is InChI=1S/C14H21NS/c1-11(9-12-5-3-6-12)15-13-7-4-8-14(10-13)16-2/h4,7-8,10-12,15H,3,5-6,9H2,1-2H3. The molecule has 1 nitrogen and oxygen atoms in total. The van der Waals surface area contributed by atoms with Gasteiger partial charge in [-0.05, 0) is 43.7 Å². The summed E-state index contributed by atoms with van der Waals surface area (Å²) in [6, 6.07) is 9.29. The van der Waals surface area contributed by atoms with Crippen LogP contribution >= 0.6 is 11.8 Å². The van der Waals surface area contributed by atoms with Crippen molar-refractivity contribution >= 4 is 17.4 Å². The lowest BCUT2D eigenvalue weighted by atomic mass is 9.81. The Bertz CT molecular complexity index is 333. The summed E-state index contributed by atoms with van der Waals surface area (Å²) in [4.78, 5) is 1.33. The van der Waals surface area contributed by atoms with Crippen LogP contribution < -0.4 is 5.32 Å². The van der Waals surface area contributed by atoms with Gasteiger partial charge in [-0.2, -0.15) is 0 Å². The number of hydrogen-bond donors (Lipinski definition) is 1. The highest BCUT2D eigenvalue weighted by Gasteiger charge is 2.19. The maximum absolute atomic E-state index is 3.60. The van der Waals surface area contributed by atoms with Gasteiger partial charge in [0.15, 0.2) is 0 Å². The molecular formula is C14H21NS. The SMILES string of the molecule is CSc1cccc(NC(C)CC2CCC2)c1. The molecule has 1 N–H and O–H groups in total. The molecule has 1 atom stereocenters. The topological polar surface area (TPSA) is 12.0 Å². The molecule has 1 unspecified atom stereocenters. The third-order valence-electron chi connectivity index (χ3n) is 3.39. The van der Waals surface area contributed by atoms with Gasteiger partial charge in [-0.3, -0.25) is 0 Å². The van der Waals surface area contributed by atoms with Crippen LogP contribution in [0.5, 0.6) is 0 Å². The molecule has 0 radical (unpaired) electrons. The lowest BCUT2D eigenvalue weighted by Crippen LogP contribution is -2.23. The van der Waals surface area contributed by atoms with Crippen LogP contribution in [0.2, 0.25) is 0 Å².